The molecule has 0 spiro atoms. The molecule has 6 unspecified atom stereocenters. The third kappa shape index (κ3) is 5.20. The first-order valence-corrected chi connectivity index (χ1v) is 15.1. The number of halogens is 3. The van der Waals surface area contributed by atoms with Crippen LogP contribution in [0.2, 0.25) is 0 Å². The van der Waals surface area contributed by atoms with Gasteiger partial charge in [-0.1, -0.05) is 23.8 Å². The SMILES string of the molecule is CC1CCC2=C(CC(C3CCN(C(C)(C)C)CC3)CC2C2CCCC=C2Cl)N1C1C(F)=CCCC1F. The van der Waals surface area contributed by atoms with Crippen molar-refractivity contribution < 1.29 is 8.78 Å². The Morgan fingerprint density at radius 2 is 1.69 bits per heavy atom. The van der Waals surface area contributed by atoms with Crippen molar-refractivity contribution >= 4 is 11.6 Å². The van der Waals surface area contributed by atoms with Gasteiger partial charge in [0.05, 0.1) is 0 Å². The lowest BCUT2D eigenvalue weighted by Gasteiger charge is -2.52. The van der Waals surface area contributed by atoms with Gasteiger partial charge < -0.3 is 4.90 Å². The van der Waals surface area contributed by atoms with E-state index in [1.807, 2.05) is 0 Å². The number of hydrogen-bond donors (Lipinski definition) is 0. The second kappa shape index (κ2) is 10.7. The molecule has 3 aliphatic carbocycles. The highest BCUT2D eigenvalue weighted by Crippen LogP contribution is 2.53. The maximum Gasteiger partial charge on any atom is 0.127 e. The average Bonchev–Trinajstić information content (AvgIpc) is 2.84. The summed E-state index contributed by atoms with van der Waals surface area (Å²) in [5.41, 5.74) is 2.99. The van der Waals surface area contributed by atoms with Gasteiger partial charge in [-0.05, 0) is 135 Å². The molecule has 2 nitrogen and oxygen atoms in total. The third-order valence-electron chi connectivity index (χ3n) is 10.2. The minimum absolute atomic E-state index is 0.170. The Kier molecular flexibility index (Phi) is 7.95. The van der Waals surface area contributed by atoms with Gasteiger partial charge in [0.2, 0.25) is 0 Å². The lowest BCUT2D eigenvalue weighted by atomic mass is 9.64. The highest BCUT2D eigenvalue weighted by Gasteiger charge is 2.46. The Bertz CT molecular complexity index is 895. The van der Waals surface area contributed by atoms with Crippen molar-refractivity contribution in [1.29, 1.82) is 0 Å². The lowest BCUT2D eigenvalue weighted by Crippen LogP contribution is -2.52. The normalized spacial score (nSPS) is 37.5. The molecule has 1 saturated heterocycles. The first kappa shape index (κ1) is 26.7. The van der Waals surface area contributed by atoms with Crippen LogP contribution in [0.1, 0.15) is 98.3 Å². The van der Waals surface area contributed by atoms with E-state index < -0.39 is 12.2 Å². The second-order valence-electron chi connectivity index (χ2n) is 13.3. The van der Waals surface area contributed by atoms with E-state index in [4.69, 9.17) is 11.6 Å². The van der Waals surface area contributed by atoms with Crippen molar-refractivity contribution in [2.45, 2.75) is 122 Å². The van der Waals surface area contributed by atoms with Crippen LogP contribution >= 0.6 is 11.6 Å². The number of piperidine rings is 1. The van der Waals surface area contributed by atoms with Gasteiger partial charge in [-0.2, -0.15) is 0 Å². The van der Waals surface area contributed by atoms with Crippen LogP contribution in [0.4, 0.5) is 8.78 Å². The molecular weight excluding hydrogens is 474 g/mol. The molecule has 2 heterocycles. The van der Waals surface area contributed by atoms with Crippen molar-refractivity contribution in [3.63, 3.8) is 0 Å². The van der Waals surface area contributed by atoms with Gasteiger partial charge in [-0.15, -0.1) is 0 Å². The Hall–Kier alpha value is -0.870. The largest absolute Gasteiger partial charge is 0.360 e. The minimum Gasteiger partial charge on any atom is -0.360 e. The highest BCUT2D eigenvalue weighted by atomic mass is 35.5. The zero-order valence-electron chi connectivity index (χ0n) is 22.9. The molecule has 0 aromatic heterocycles. The number of allylic oxidation sites excluding steroid dienone is 5. The molecule has 5 rings (SSSR count). The maximum absolute atomic E-state index is 15.4. The molecule has 2 aliphatic heterocycles. The predicted molar refractivity (Wildman–Crippen MR) is 146 cm³/mol. The number of hydrogen-bond acceptors (Lipinski definition) is 2. The van der Waals surface area contributed by atoms with E-state index in [9.17, 15) is 0 Å². The predicted octanol–water partition coefficient (Wildman–Crippen LogP) is 8.54. The van der Waals surface area contributed by atoms with Gasteiger partial charge in [0.25, 0.3) is 0 Å². The van der Waals surface area contributed by atoms with Gasteiger partial charge in [0.1, 0.15) is 18.0 Å². The van der Waals surface area contributed by atoms with Crippen molar-refractivity contribution in [2.75, 3.05) is 13.1 Å². The van der Waals surface area contributed by atoms with E-state index in [1.165, 1.54) is 37.0 Å². The molecule has 5 aliphatic rings. The molecule has 0 radical (unpaired) electrons. The number of likely N-dealkylation sites (tertiary alicyclic amines) is 1. The number of nitrogens with zero attached hydrogens (tertiary/aromatic N) is 2. The van der Waals surface area contributed by atoms with Gasteiger partial charge in [0.15, 0.2) is 0 Å². The summed E-state index contributed by atoms with van der Waals surface area (Å²) in [6.45, 7) is 11.4. The summed E-state index contributed by atoms with van der Waals surface area (Å²) in [7, 11) is 0. The smallest absolute Gasteiger partial charge is 0.127 e. The number of alkyl halides is 1. The van der Waals surface area contributed by atoms with Gasteiger partial charge in [0, 0.05) is 28.2 Å². The first-order valence-electron chi connectivity index (χ1n) is 14.8. The van der Waals surface area contributed by atoms with Crippen LogP contribution in [0.3, 0.4) is 0 Å². The standard InChI is InChI=1S/C31H47ClF2N2/c1-20-12-13-24-25(23-8-5-6-9-26(23)32)18-22(21-14-16-35(17-15-21)31(2,3)4)19-29(24)36(20)30-27(33)10-7-11-28(30)34/h9-10,20-23,25,28,30H,5-8,11-19H2,1-4H3. The summed E-state index contributed by atoms with van der Waals surface area (Å²) in [5, 5.41) is 1.04. The van der Waals surface area contributed by atoms with Crippen LogP contribution in [0.25, 0.3) is 0 Å². The summed E-state index contributed by atoms with van der Waals surface area (Å²) in [5.74, 6) is 1.81. The zero-order valence-corrected chi connectivity index (χ0v) is 23.7. The number of rotatable bonds is 3. The minimum atomic E-state index is -1.13. The highest BCUT2D eigenvalue weighted by molar-refractivity contribution is 6.29. The first-order chi connectivity index (χ1) is 17.1. The molecule has 0 saturated carbocycles. The van der Waals surface area contributed by atoms with Crippen LogP contribution in [-0.4, -0.2) is 46.7 Å². The van der Waals surface area contributed by atoms with Crippen LogP contribution in [0.5, 0.6) is 0 Å². The van der Waals surface area contributed by atoms with Crippen LogP contribution in [-0.2, 0) is 0 Å². The maximum atomic E-state index is 15.4. The van der Waals surface area contributed by atoms with E-state index in [1.54, 1.807) is 6.08 Å². The fraction of sp³-hybridized carbons (Fsp3) is 0.806. The van der Waals surface area contributed by atoms with Crippen molar-refractivity contribution in [3.05, 3.63) is 34.3 Å². The van der Waals surface area contributed by atoms with E-state index in [-0.39, 0.29) is 17.4 Å². The van der Waals surface area contributed by atoms with E-state index in [0.717, 1.165) is 50.2 Å². The van der Waals surface area contributed by atoms with Crippen molar-refractivity contribution in [1.82, 2.24) is 9.80 Å². The molecule has 6 atom stereocenters. The zero-order chi connectivity index (χ0) is 25.6. The fourth-order valence-electron chi connectivity index (χ4n) is 8.16. The molecule has 0 bridgehead atoms. The summed E-state index contributed by atoms with van der Waals surface area (Å²) < 4.78 is 30.6. The average molecular weight is 521 g/mol. The van der Waals surface area contributed by atoms with Gasteiger partial charge >= 0.3 is 0 Å². The van der Waals surface area contributed by atoms with Crippen LogP contribution in [0.15, 0.2) is 34.3 Å². The van der Waals surface area contributed by atoms with Gasteiger partial charge in [-0.25, -0.2) is 8.78 Å². The Labute approximate surface area is 223 Å². The fourth-order valence-corrected chi connectivity index (χ4v) is 8.54. The summed E-state index contributed by atoms with van der Waals surface area (Å²) in [6, 6.07) is -0.567. The molecular formula is C31H47ClF2N2. The lowest BCUT2D eigenvalue weighted by molar-refractivity contribution is 0.0440. The molecule has 36 heavy (non-hydrogen) atoms. The molecule has 202 valence electrons. The summed E-state index contributed by atoms with van der Waals surface area (Å²) >= 11 is 6.90. The Morgan fingerprint density at radius 1 is 0.944 bits per heavy atom. The van der Waals surface area contributed by atoms with E-state index in [0.29, 0.717) is 36.5 Å². The van der Waals surface area contributed by atoms with Crippen molar-refractivity contribution in [2.24, 2.45) is 23.7 Å². The van der Waals surface area contributed by atoms with Crippen LogP contribution < -0.4 is 0 Å². The van der Waals surface area contributed by atoms with E-state index in [2.05, 4.69) is 43.6 Å². The van der Waals surface area contributed by atoms with E-state index >= 15 is 8.78 Å². The Balaban J connectivity index is 1.48. The monoisotopic (exact) mass is 520 g/mol. The van der Waals surface area contributed by atoms with Gasteiger partial charge in [-0.3, -0.25) is 4.90 Å². The molecule has 0 amide bonds. The summed E-state index contributed by atoms with van der Waals surface area (Å²) in [4.78, 5) is 4.85. The Morgan fingerprint density at radius 3 is 2.36 bits per heavy atom. The topological polar surface area (TPSA) is 6.48 Å². The second-order valence-corrected chi connectivity index (χ2v) is 13.8. The molecule has 1 fully saturated rings. The molecule has 0 aromatic rings. The van der Waals surface area contributed by atoms with Crippen molar-refractivity contribution in [3.8, 4) is 0 Å². The quantitative estimate of drug-likeness (QED) is 0.368. The third-order valence-corrected chi connectivity index (χ3v) is 10.6. The molecule has 0 N–H and O–H groups in total. The molecule has 0 aromatic carbocycles. The summed E-state index contributed by atoms with van der Waals surface area (Å²) in [6.07, 6.45) is 13.8. The van der Waals surface area contributed by atoms with Crippen LogP contribution in [0, 0.1) is 23.7 Å². The molecule has 5 heteroatoms.